The zero-order chi connectivity index (χ0) is 17.9. The molecule has 1 heterocycles. The maximum Gasteiger partial charge on any atom is 0.190 e. The van der Waals surface area contributed by atoms with E-state index >= 15 is 0 Å². The molecular weight excluding hydrogens is 314 g/mol. The normalized spacial score (nSPS) is 17.3. The maximum atomic E-state index is 5.89. The molecule has 2 N–H and O–H groups in total. The Labute approximate surface area is 152 Å². The van der Waals surface area contributed by atoms with Gasteiger partial charge < -0.3 is 20.1 Å². The number of nitrogens with zero attached hydrogens (tertiary/aromatic N) is 1. The van der Waals surface area contributed by atoms with Crippen LogP contribution in [-0.2, 0) is 9.47 Å². The van der Waals surface area contributed by atoms with Gasteiger partial charge in [-0.3, -0.25) is 4.99 Å². The molecule has 1 atom stereocenters. The van der Waals surface area contributed by atoms with E-state index in [9.17, 15) is 0 Å². The van der Waals surface area contributed by atoms with Gasteiger partial charge in [0.2, 0.25) is 0 Å². The monoisotopic (exact) mass is 347 g/mol. The van der Waals surface area contributed by atoms with E-state index in [0.717, 1.165) is 58.1 Å². The number of aryl methyl sites for hydroxylation is 1. The van der Waals surface area contributed by atoms with Crippen LogP contribution in [-0.4, -0.2) is 52.0 Å². The highest BCUT2D eigenvalue weighted by Gasteiger charge is 2.13. The summed E-state index contributed by atoms with van der Waals surface area (Å²) in [5, 5.41) is 6.77. The molecule has 0 aliphatic carbocycles. The minimum absolute atomic E-state index is 0.376. The molecule has 1 aromatic carbocycles. The largest absolute Gasteiger partial charge is 0.381 e. The molecule has 0 aromatic heterocycles. The molecule has 1 unspecified atom stereocenters. The molecule has 140 valence electrons. The lowest BCUT2D eigenvalue weighted by Crippen LogP contribution is -2.39. The lowest BCUT2D eigenvalue weighted by molar-refractivity contribution is -0.0320. The smallest absolute Gasteiger partial charge is 0.190 e. The number of nitrogens with one attached hydrogen (secondary N) is 2. The summed E-state index contributed by atoms with van der Waals surface area (Å²) in [7, 11) is 1.81. The number of guanidine groups is 1. The second kappa shape index (κ2) is 11.1. The molecule has 25 heavy (non-hydrogen) atoms. The Morgan fingerprint density at radius 3 is 2.84 bits per heavy atom. The number of rotatable bonds is 8. The zero-order valence-electron chi connectivity index (χ0n) is 15.9. The van der Waals surface area contributed by atoms with Crippen molar-refractivity contribution in [3.05, 3.63) is 35.4 Å². The molecule has 0 bridgehead atoms. The van der Waals surface area contributed by atoms with E-state index in [1.165, 1.54) is 11.1 Å². The van der Waals surface area contributed by atoms with E-state index in [0.29, 0.717) is 12.0 Å². The fraction of sp³-hybridized carbons (Fsp3) is 0.650. The number of aliphatic imine (C=N–C) groups is 1. The zero-order valence-corrected chi connectivity index (χ0v) is 15.9. The van der Waals surface area contributed by atoms with E-state index in [4.69, 9.17) is 9.47 Å². The first kappa shape index (κ1) is 19.7. The standard InChI is InChI=1S/C20H33N3O2/c1-16-6-4-7-18(14-16)17(2)15-23-20(21-3)22-10-5-11-25-19-8-12-24-13-9-19/h4,6-7,14,17,19H,5,8-13,15H2,1-3H3,(H2,21,22,23). The van der Waals surface area contributed by atoms with E-state index in [2.05, 4.69) is 53.7 Å². The van der Waals surface area contributed by atoms with Gasteiger partial charge in [-0.15, -0.1) is 0 Å². The minimum atomic E-state index is 0.376. The van der Waals surface area contributed by atoms with Crippen molar-refractivity contribution >= 4 is 5.96 Å². The average molecular weight is 348 g/mol. The van der Waals surface area contributed by atoms with Crippen LogP contribution >= 0.6 is 0 Å². The van der Waals surface area contributed by atoms with Gasteiger partial charge in [0.1, 0.15) is 0 Å². The van der Waals surface area contributed by atoms with E-state index < -0.39 is 0 Å². The molecule has 1 fully saturated rings. The van der Waals surface area contributed by atoms with Gasteiger partial charge in [0.05, 0.1) is 6.10 Å². The Balaban J connectivity index is 1.60. The summed E-state index contributed by atoms with van der Waals surface area (Å²) in [4.78, 5) is 4.30. The number of hydrogen-bond donors (Lipinski definition) is 2. The van der Waals surface area contributed by atoms with Gasteiger partial charge >= 0.3 is 0 Å². The molecule has 0 saturated carbocycles. The first-order valence-corrected chi connectivity index (χ1v) is 9.39. The average Bonchev–Trinajstić information content (AvgIpc) is 2.64. The molecule has 1 aromatic rings. The second-order valence-electron chi connectivity index (χ2n) is 6.73. The van der Waals surface area contributed by atoms with Crippen LogP contribution in [0, 0.1) is 6.92 Å². The van der Waals surface area contributed by atoms with Crippen LogP contribution in [0.25, 0.3) is 0 Å². The summed E-state index contributed by atoms with van der Waals surface area (Å²) in [5.41, 5.74) is 2.66. The summed E-state index contributed by atoms with van der Waals surface area (Å²) in [6.45, 7) is 8.54. The Hall–Kier alpha value is -1.59. The van der Waals surface area contributed by atoms with Gasteiger partial charge in [0.15, 0.2) is 5.96 Å². The Bertz CT molecular complexity index is 527. The molecule has 1 saturated heterocycles. The SMILES string of the molecule is CN=C(NCCCOC1CCOCC1)NCC(C)c1cccc(C)c1. The summed E-state index contributed by atoms with van der Waals surface area (Å²) >= 11 is 0. The van der Waals surface area contributed by atoms with Crippen molar-refractivity contribution in [2.24, 2.45) is 4.99 Å². The molecule has 5 heteroatoms. The quantitative estimate of drug-likeness (QED) is 0.431. The highest BCUT2D eigenvalue weighted by Crippen LogP contribution is 2.15. The Kier molecular flexibility index (Phi) is 8.77. The van der Waals surface area contributed by atoms with Crippen molar-refractivity contribution in [2.45, 2.75) is 45.1 Å². The molecule has 0 spiro atoms. The molecular formula is C20H33N3O2. The van der Waals surface area contributed by atoms with Crippen molar-refractivity contribution < 1.29 is 9.47 Å². The van der Waals surface area contributed by atoms with Crippen molar-refractivity contribution in [3.63, 3.8) is 0 Å². The highest BCUT2D eigenvalue weighted by molar-refractivity contribution is 5.79. The van der Waals surface area contributed by atoms with Gasteiger partial charge in [0.25, 0.3) is 0 Å². The topological polar surface area (TPSA) is 54.9 Å². The summed E-state index contributed by atoms with van der Waals surface area (Å²) in [5.74, 6) is 1.29. The number of ether oxygens (including phenoxy) is 2. The van der Waals surface area contributed by atoms with Crippen LogP contribution in [0.15, 0.2) is 29.3 Å². The molecule has 1 aliphatic heterocycles. The van der Waals surface area contributed by atoms with E-state index in [1.54, 1.807) is 0 Å². The van der Waals surface area contributed by atoms with Crippen LogP contribution in [0.5, 0.6) is 0 Å². The third-order valence-corrected chi connectivity index (χ3v) is 4.55. The van der Waals surface area contributed by atoms with Crippen molar-refractivity contribution in [1.29, 1.82) is 0 Å². The summed E-state index contributed by atoms with van der Waals surface area (Å²) in [6.07, 6.45) is 3.40. The van der Waals surface area contributed by atoms with Gasteiger partial charge in [-0.1, -0.05) is 36.8 Å². The highest BCUT2D eigenvalue weighted by atomic mass is 16.5. The summed E-state index contributed by atoms with van der Waals surface area (Å²) in [6, 6.07) is 8.68. The second-order valence-corrected chi connectivity index (χ2v) is 6.73. The van der Waals surface area contributed by atoms with E-state index in [1.807, 2.05) is 7.05 Å². The first-order valence-electron chi connectivity index (χ1n) is 9.39. The lowest BCUT2D eigenvalue weighted by atomic mass is 9.99. The minimum Gasteiger partial charge on any atom is -0.381 e. The molecule has 0 amide bonds. The van der Waals surface area contributed by atoms with Crippen molar-refractivity contribution in [3.8, 4) is 0 Å². The van der Waals surface area contributed by atoms with E-state index in [-0.39, 0.29) is 0 Å². The van der Waals surface area contributed by atoms with Crippen LogP contribution in [0.4, 0.5) is 0 Å². The number of benzene rings is 1. The lowest BCUT2D eigenvalue weighted by Gasteiger charge is -2.22. The maximum absolute atomic E-state index is 5.89. The predicted octanol–water partition coefficient (Wildman–Crippen LogP) is 2.85. The van der Waals surface area contributed by atoms with Crippen LogP contribution in [0.3, 0.4) is 0 Å². The Morgan fingerprint density at radius 2 is 2.12 bits per heavy atom. The number of hydrogen-bond acceptors (Lipinski definition) is 3. The molecule has 1 aliphatic rings. The molecule has 2 rings (SSSR count). The molecule has 5 nitrogen and oxygen atoms in total. The van der Waals surface area contributed by atoms with Crippen LogP contribution in [0.2, 0.25) is 0 Å². The fourth-order valence-electron chi connectivity index (χ4n) is 2.94. The van der Waals surface area contributed by atoms with Crippen LogP contribution in [0.1, 0.15) is 43.2 Å². The predicted molar refractivity (Wildman–Crippen MR) is 103 cm³/mol. The third-order valence-electron chi connectivity index (χ3n) is 4.55. The molecule has 0 radical (unpaired) electrons. The van der Waals surface area contributed by atoms with Crippen LogP contribution < -0.4 is 10.6 Å². The third kappa shape index (κ3) is 7.45. The van der Waals surface area contributed by atoms with Gasteiger partial charge in [-0.25, -0.2) is 0 Å². The van der Waals surface area contributed by atoms with Crippen molar-refractivity contribution in [2.75, 3.05) is 40.0 Å². The Morgan fingerprint density at radius 1 is 1.32 bits per heavy atom. The van der Waals surface area contributed by atoms with Crippen molar-refractivity contribution in [1.82, 2.24) is 10.6 Å². The van der Waals surface area contributed by atoms with Gasteiger partial charge in [-0.05, 0) is 37.7 Å². The summed E-state index contributed by atoms with van der Waals surface area (Å²) < 4.78 is 11.2. The fourth-order valence-corrected chi connectivity index (χ4v) is 2.94. The first-order chi connectivity index (χ1) is 12.2. The van der Waals surface area contributed by atoms with Gasteiger partial charge in [-0.2, -0.15) is 0 Å². The van der Waals surface area contributed by atoms with Gasteiger partial charge in [0, 0.05) is 40.0 Å².